The van der Waals surface area contributed by atoms with Gasteiger partial charge in [0, 0.05) is 32.7 Å². The molecule has 8 nitrogen and oxygen atoms in total. The van der Waals surface area contributed by atoms with E-state index in [2.05, 4.69) is 0 Å². The number of benzene rings is 2. The van der Waals surface area contributed by atoms with Crippen LogP contribution in [-0.4, -0.2) is 52.7 Å². The lowest BCUT2D eigenvalue weighted by Gasteiger charge is -2.36. The monoisotopic (exact) mass is 462 g/mol. The van der Waals surface area contributed by atoms with Crippen LogP contribution in [0.25, 0.3) is 5.69 Å². The lowest BCUT2D eigenvalue weighted by atomic mass is 10.2. The summed E-state index contributed by atoms with van der Waals surface area (Å²) < 4.78 is 8.52. The molecule has 1 aromatic heterocycles. The first-order valence-electron chi connectivity index (χ1n) is 11.5. The molecule has 1 fully saturated rings. The molecule has 1 aliphatic rings. The average Bonchev–Trinajstić information content (AvgIpc) is 2.84. The summed E-state index contributed by atoms with van der Waals surface area (Å²) in [5, 5.41) is 0. The van der Waals surface area contributed by atoms with Crippen LogP contribution in [0.4, 0.5) is 5.69 Å². The van der Waals surface area contributed by atoms with Crippen molar-refractivity contribution >= 4 is 11.6 Å². The van der Waals surface area contributed by atoms with Gasteiger partial charge in [-0.15, -0.1) is 0 Å². The maximum absolute atomic E-state index is 13.2. The van der Waals surface area contributed by atoms with E-state index in [9.17, 15) is 14.4 Å². The van der Waals surface area contributed by atoms with Crippen molar-refractivity contribution in [2.45, 2.75) is 27.3 Å². The number of nitrogens with zero attached hydrogens (tertiary/aromatic N) is 4. The zero-order chi connectivity index (χ0) is 24.2. The summed E-state index contributed by atoms with van der Waals surface area (Å²) in [6.45, 7) is 7.79. The lowest BCUT2D eigenvalue weighted by molar-refractivity contribution is -0.133. The summed E-state index contributed by atoms with van der Waals surface area (Å²) in [6, 6.07) is 16.9. The number of piperazine rings is 1. The number of aromatic nitrogens is 2. The zero-order valence-electron chi connectivity index (χ0n) is 19.9. The van der Waals surface area contributed by atoms with Crippen LogP contribution in [-0.2, 0) is 11.3 Å². The van der Waals surface area contributed by atoms with Gasteiger partial charge in [-0.05, 0) is 50.6 Å². The Bertz CT molecular complexity index is 1290. The van der Waals surface area contributed by atoms with E-state index in [-0.39, 0.29) is 30.3 Å². The first-order chi connectivity index (χ1) is 16.4. The largest absolute Gasteiger partial charge is 0.484 e. The number of hydrogen-bond acceptors (Lipinski definition) is 5. The Balaban J connectivity index is 1.52. The number of ether oxygens (including phenoxy) is 1. The van der Waals surface area contributed by atoms with Crippen molar-refractivity contribution in [3.05, 3.63) is 86.7 Å². The molecule has 1 saturated heterocycles. The van der Waals surface area contributed by atoms with Gasteiger partial charge in [0.2, 0.25) is 0 Å². The second kappa shape index (κ2) is 9.99. The topological polar surface area (TPSA) is 76.8 Å². The number of carbonyl (C=O) groups is 1. The quantitative estimate of drug-likeness (QED) is 0.562. The fourth-order valence-corrected chi connectivity index (χ4v) is 4.38. The third-order valence-corrected chi connectivity index (χ3v) is 6.18. The number of carbonyl (C=O) groups excluding carboxylic acids is 1. The smallest absolute Gasteiger partial charge is 0.335 e. The van der Waals surface area contributed by atoms with Crippen LogP contribution in [0.1, 0.15) is 18.2 Å². The standard InChI is InChI=1S/C26H30N4O4/c1-4-29-25(32)24(20(3)30(26(29)33)21-10-6-5-7-11-21)28-15-13-27(14-16-28)23(31)18-34-22-12-8-9-19(2)17-22/h5-12,17H,4,13-16,18H2,1-3H3. The molecule has 3 aromatic rings. The maximum Gasteiger partial charge on any atom is 0.335 e. The lowest BCUT2D eigenvalue weighted by Crippen LogP contribution is -2.53. The van der Waals surface area contributed by atoms with Crippen molar-refractivity contribution in [3.8, 4) is 11.4 Å². The Morgan fingerprint density at radius 2 is 1.65 bits per heavy atom. The molecule has 8 heteroatoms. The van der Waals surface area contributed by atoms with E-state index in [1.54, 1.807) is 23.3 Å². The van der Waals surface area contributed by atoms with Crippen LogP contribution < -0.4 is 20.9 Å². The van der Waals surface area contributed by atoms with Crippen molar-refractivity contribution in [1.82, 2.24) is 14.0 Å². The number of rotatable bonds is 6. The molecule has 0 spiro atoms. The van der Waals surface area contributed by atoms with Crippen molar-refractivity contribution in [2.24, 2.45) is 0 Å². The van der Waals surface area contributed by atoms with Crippen LogP contribution in [0.3, 0.4) is 0 Å². The summed E-state index contributed by atoms with van der Waals surface area (Å²) >= 11 is 0. The van der Waals surface area contributed by atoms with Gasteiger partial charge in [-0.25, -0.2) is 4.79 Å². The van der Waals surface area contributed by atoms with Crippen LogP contribution in [0.15, 0.2) is 64.2 Å². The van der Waals surface area contributed by atoms with Gasteiger partial charge in [0.15, 0.2) is 6.61 Å². The minimum absolute atomic E-state index is 0.0238. The molecule has 0 unspecified atom stereocenters. The van der Waals surface area contributed by atoms with Crippen LogP contribution in [0, 0.1) is 13.8 Å². The number of aryl methyl sites for hydroxylation is 1. The molecule has 1 aliphatic heterocycles. The molecule has 0 atom stereocenters. The Morgan fingerprint density at radius 3 is 2.29 bits per heavy atom. The van der Waals surface area contributed by atoms with Gasteiger partial charge in [0.05, 0.1) is 11.4 Å². The summed E-state index contributed by atoms with van der Waals surface area (Å²) in [6.07, 6.45) is 0. The van der Waals surface area contributed by atoms with Crippen molar-refractivity contribution in [1.29, 1.82) is 0 Å². The first-order valence-corrected chi connectivity index (χ1v) is 11.5. The minimum Gasteiger partial charge on any atom is -0.484 e. The molecule has 0 radical (unpaired) electrons. The molecular weight excluding hydrogens is 432 g/mol. The average molecular weight is 463 g/mol. The van der Waals surface area contributed by atoms with Gasteiger partial charge in [0.1, 0.15) is 11.4 Å². The van der Waals surface area contributed by atoms with Gasteiger partial charge in [-0.2, -0.15) is 0 Å². The predicted octanol–water partition coefficient (Wildman–Crippen LogP) is 2.36. The van der Waals surface area contributed by atoms with E-state index >= 15 is 0 Å². The highest BCUT2D eigenvalue weighted by Crippen LogP contribution is 2.19. The van der Waals surface area contributed by atoms with E-state index in [1.807, 2.05) is 66.4 Å². The Morgan fingerprint density at radius 1 is 0.941 bits per heavy atom. The molecule has 0 saturated carbocycles. The van der Waals surface area contributed by atoms with Crippen molar-refractivity contribution in [3.63, 3.8) is 0 Å². The summed E-state index contributed by atoms with van der Waals surface area (Å²) in [5.41, 5.74) is 2.27. The van der Waals surface area contributed by atoms with E-state index in [4.69, 9.17) is 4.74 Å². The van der Waals surface area contributed by atoms with Crippen molar-refractivity contribution < 1.29 is 9.53 Å². The molecule has 0 N–H and O–H groups in total. The van der Waals surface area contributed by atoms with Gasteiger partial charge in [-0.1, -0.05) is 30.3 Å². The Hall–Kier alpha value is -3.81. The zero-order valence-corrected chi connectivity index (χ0v) is 19.9. The summed E-state index contributed by atoms with van der Waals surface area (Å²) in [5.74, 6) is 0.587. The number of amides is 1. The third kappa shape index (κ3) is 4.62. The number of anilines is 1. The summed E-state index contributed by atoms with van der Waals surface area (Å²) in [7, 11) is 0. The molecule has 2 heterocycles. The maximum atomic E-state index is 13.2. The minimum atomic E-state index is -0.345. The fourth-order valence-electron chi connectivity index (χ4n) is 4.38. The highest BCUT2D eigenvalue weighted by Gasteiger charge is 2.27. The van der Waals surface area contributed by atoms with E-state index in [1.165, 1.54) is 4.57 Å². The molecule has 34 heavy (non-hydrogen) atoms. The van der Waals surface area contributed by atoms with E-state index in [0.29, 0.717) is 43.3 Å². The molecule has 0 bridgehead atoms. The molecule has 4 rings (SSSR count). The normalized spacial score (nSPS) is 13.7. The second-order valence-corrected chi connectivity index (χ2v) is 8.41. The molecule has 0 aliphatic carbocycles. The van der Waals surface area contributed by atoms with Gasteiger partial charge in [0.25, 0.3) is 11.5 Å². The van der Waals surface area contributed by atoms with Crippen molar-refractivity contribution in [2.75, 3.05) is 37.7 Å². The predicted molar refractivity (Wildman–Crippen MR) is 132 cm³/mol. The molecule has 178 valence electrons. The SMILES string of the molecule is CCn1c(=O)c(N2CCN(C(=O)COc3cccc(C)c3)CC2)c(C)n(-c2ccccc2)c1=O. The van der Waals surface area contributed by atoms with Gasteiger partial charge in [-0.3, -0.25) is 18.7 Å². The number of hydrogen-bond donors (Lipinski definition) is 0. The van der Waals surface area contributed by atoms with Gasteiger partial charge >= 0.3 is 5.69 Å². The molecular formula is C26H30N4O4. The molecule has 2 aromatic carbocycles. The fraction of sp³-hybridized carbons (Fsp3) is 0.346. The van der Waals surface area contributed by atoms with Crippen LogP contribution in [0.2, 0.25) is 0 Å². The second-order valence-electron chi connectivity index (χ2n) is 8.41. The Kier molecular flexibility index (Phi) is 6.86. The van der Waals surface area contributed by atoms with Crippen LogP contribution >= 0.6 is 0 Å². The van der Waals surface area contributed by atoms with Gasteiger partial charge < -0.3 is 14.5 Å². The Labute approximate surface area is 198 Å². The summed E-state index contributed by atoms with van der Waals surface area (Å²) in [4.78, 5) is 42.7. The highest BCUT2D eigenvalue weighted by molar-refractivity contribution is 5.78. The van der Waals surface area contributed by atoms with E-state index in [0.717, 1.165) is 11.3 Å². The number of para-hydroxylation sites is 1. The molecule has 1 amide bonds. The third-order valence-electron chi connectivity index (χ3n) is 6.18. The first kappa shape index (κ1) is 23.4. The highest BCUT2D eigenvalue weighted by atomic mass is 16.5. The van der Waals surface area contributed by atoms with Crippen LogP contribution in [0.5, 0.6) is 5.75 Å². The van der Waals surface area contributed by atoms with E-state index < -0.39 is 0 Å².